The summed E-state index contributed by atoms with van der Waals surface area (Å²) in [7, 11) is 1.64. The molecule has 3 aromatic carbocycles. The van der Waals surface area contributed by atoms with Crippen LogP contribution in [0, 0.1) is 13.8 Å². The number of amides is 1. The number of methoxy groups -OCH3 is 1. The summed E-state index contributed by atoms with van der Waals surface area (Å²) in [6.07, 6.45) is 1.92. The number of hydrogen-bond acceptors (Lipinski definition) is 2. The highest BCUT2D eigenvalue weighted by Crippen LogP contribution is 2.23. The number of carbonyl (C=O) groups is 1. The second-order valence-electron chi connectivity index (χ2n) is 7.25. The number of ether oxygens (including phenoxy) is 1. The lowest BCUT2D eigenvalue weighted by Gasteiger charge is -2.18. The van der Waals surface area contributed by atoms with E-state index in [1.54, 1.807) is 7.11 Å². The van der Waals surface area contributed by atoms with Crippen LogP contribution >= 0.6 is 0 Å². The average Bonchev–Trinajstić information content (AvgIpc) is 2.72. The summed E-state index contributed by atoms with van der Waals surface area (Å²) in [4.78, 5) is 13.2. The molecule has 0 saturated carbocycles. The first-order valence-corrected chi connectivity index (χ1v) is 9.77. The maximum Gasteiger partial charge on any atom is 0.252 e. The van der Waals surface area contributed by atoms with Gasteiger partial charge < -0.3 is 10.1 Å². The van der Waals surface area contributed by atoms with Gasteiger partial charge >= 0.3 is 0 Å². The van der Waals surface area contributed by atoms with Crippen LogP contribution in [0.1, 0.15) is 40.8 Å². The van der Waals surface area contributed by atoms with Gasteiger partial charge in [-0.3, -0.25) is 4.79 Å². The molecule has 0 aliphatic rings. The van der Waals surface area contributed by atoms with E-state index in [9.17, 15) is 4.79 Å². The Hall–Kier alpha value is -3.33. The molecule has 0 unspecified atom stereocenters. The van der Waals surface area contributed by atoms with E-state index in [0.29, 0.717) is 5.57 Å². The van der Waals surface area contributed by atoms with Crippen LogP contribution in [0.15, 0.2) is 72.8 Å². The molecule has 3 rings (SSSR count). The van der Waals surface area contributed by atoms with Gasteiger partial charge in [0, 0.05) is 5.57 Å². The number of aryl methyl sites for hydroxylation is 2. The molecule has 3 heteroatoms. The quantitative estimate of drug-likeness (QED) is 0.435. The zero-order valence-corrected chi connectivity index (χ0v) is 17.4. The van der Waals surface area contributed by atoms with E-state index in [1.165, 1.54) is 11.1 Å². The smallest absolute Gasteiger partial charge is 0.252 e. The normalized spacial score (nSPS) is 12.3. The second-order valence-corrected chi connectivity index (χ2v) is 7.25. The van der Waals surface area contributed by atoms with Gasteiger partial charge in [-0.2, -0.15) is 0 Å². The predicted molar refractivity (Wildman–Crippen MR) is 120 cm³/mol. The number of hydrogen-bond donors (Lipinski definition) is 1. The molecule has 0 saturated heterocycles. The van der Waals surface area contributed by atoms with Gasteiger partial charge in [-0.15, -0.1) is 0 Å². The summed E-state index contributed by atoms with van der Waals surface area (Å²) in [5.74, 6) is 0.691. The first kappa shape index (κ1) is 20.4. The van der Waals surface area contributed by atoms with Crippen LogP contribution in [-0.2, 0) is 4.79 Å². The molecule has 0 fully saturated rings. The largest absolute Gasteiger partial charge is 0.497 e. The third kappa shape index (κ3) is 5.14. The predicted octanol–water partition coefficient (Wildman–Crippen LogP) is 5.73. The van der Waals surface area contributed by atoms with Crippen molar-refractivity contribution in [2.24, 2.45) is 0 Å². The Balaban J connectivity index is 1.91. The zero-order valence-electron chi connectivity index (χ0n) is 17.4. The molecule has 0 aromatic heterocycles. The third-order valence-corrected chi connectivity index (χ3v) is 5.00. The SMILES string of the molecule is COc1ccc(/C=C(/C(=O)N[C@H](C)c2ccc(C)cc2C)c2ccccc2)cc1. The maximum absolute atomic E-state index is 13.2. The van der Waals surface area contributed by atoms with Crippen LogP contribution in [0.4, 0.5) is 0 Å². The second kappa shape index (κ2) is 9.24. The lowest BCUT2D eigenvalue weighted by Crippen LogP contribution is -2.28. The van der Waals surface area contributed by atoms with Gasteiger partial charge in [-0.05, 0) is 61.2 Å². The van der Waals surface area contributed by atoms with Crippen molar-refractivity contribution < 1.29 is 9.53 Å². The van der Waals surface area contributed by atoms with Crippen LogP contribution in [0.5, 0.6) is 5.75 Å². The van der Waals surface area contributed by atoms with Crippen molar-refractivity contribution in [1.82, 2.24) is 5.32 Å². The van der Waals surface area contributed by atoms with Gasteiger partial charge in [0.25, 0.3) is 5.91 Å². The van der Waals surface area contributed by atoms with E-state index >= 15 is 0 Å². The molecule has 0 radical (unpaired) electrons. The van der Waals surface area contributed by atoms with Gasteiger partial charge in [0.05, 0.1) is 13.2 Å². The fraction of sp³-hybridized carbons (Fsp3) is 0.192. The van der Waals surface area contributed by atoms with E-state index in [4.69, 9.17) is 4.74 Å². The molecule has 148 valence electrons. The molecule has 0 bridgehead atoms. The summed E-state index contributed by atoms with van der Waals surface area (Å²) in [6.45, 7) is 6.17. The van der Waals surface area contributed by atoms with Crippen molar-refractivity contribution in [1.29, 1.82) is 0 Å². The topological polar surface area (TPSA) is 38.3 Å². The summed E-state index contributed by atoms with van der Waals surface area (Å²) in [6, 6.07) is 23.6. The van der Waals surface area contributed by atoms with Crippen molar-refractivity contribution in [2.45, 2.75) is 26.8 Å². The first-order chi connectivity index (χ1) is 14.0. The molecule has 0 aliphatic heterocycles. The minimum atomic E-state index is -0.0977. The van der Waals surface area contributed by atoms with Gasteiger partial charge in [0.2, 0.25) is 0 Å². The molecule has 1 atom stereocenters. The van der Waals surface area contributed by atoms with Crippen LogP contribution in [0.3, 0.4) is 0 Å². The number of rotatable bonds is 6. The van der Waals surface area contributed by atoms with Crippen molar-refractivity contribution in [3.05, 3.63) is 101 Å². The van der Waals surface area contributed by atoms with Gasteiger partial charge in [0.15, 0.2) is 0 Å². The Bertz CT molecular complexity index is 1000. The van der Waals surface area contributed by atoms with Gasteiger partial charge in [0.1, 0.15) is 5.75 Å². The van der Waals surface area contributed by atoms with Crippen LogP contribution < -0.4 is 10.1 Å². The van der Waals surface area contributed by atoms with E-state index < -0.39 is 0 Å². The summed E-state index contributed by atoms with van der Waals surface area (Å²) < 4.78 is 5.23. The highest BCUT2D eigenvalue weighted by molar-refractivity contribution is 6.24. The number of benzene rings is 3. The Labute approximate surface area is 173 Å². The maximum atomic E-state index is 13.2. The third-order valence-electron chi connectivity index (χ3n) is 5.00. The van der Waals surface area contributed by atoms with Crippen molar-refractivity contribution >= 4 is 17.6 Å². The van der Waals surface area contributed by atoms with Crippen molar-refractivity contribution in [2.75, 3.05) is 7.11 Å². The number of carbonyl (C=O) groups excluding carboxylic acids is 1. The van der Waals surface area contributed by atoms with Crippen molar-refractivity contribution in [3.8, 4) is 5.75 Å². The molecule has 0 heterocycles. The van der Waals surface area contributed by atoms with Gasteiger partial charge in [-0.25, -0.2) is 0 Å². The summed E-state index contributed by atoms with van der Waals surface area (Å²) >= 11 is 0. The lowest BCUT2D eigenvalue weighted by atomic mass is 9.98. The molecule has 0 spiro atoms. The Morgan fingerprint density at radius 1 is 0.966 bits per heavy atom. The number of nitrogens with one attached hydrogen (secondary N) is 1. The molecule has 3 aromatic rings. The minimum absolute atomic E-state index is 0.0916. The van der Waals surface area contributed by atoms with E-state index in [2.05, 4.69) is 37.4 Å². The molecule has 1 N–H and O–H groups in total. The van der Waals surface area contributed by atoms with Gasteiger partial charge in [-0.1, -0.05) is 66.2 Å². The van der Waals surface area contributed by atoms with E-state index in [0.717, 1.165) is 22.4 Å². The highest BCUT2D eigenvalue weighted by Gasteiger charge is 2.17. The molecule has 1 amide bonds. The van der Waals surface area contributed by atoms with Crippen LogP contribution in [0.25, 0.3) is 11.6 Å². The minimum Gasteiger partial charge on any atom is -0.497 e. The molecular formula is C26H27NO2. The Morgan fingerprint density at radius 3 is 2.28 bits per heavy atom. The molecule has 3 nitrogen and oxygen atoms in total. The first-order valence-electron chi connectivity index (χ1n) is 9.77. The van der Waals surface area contributed by atoms with E-state index in [-0.39, 0.29) is 11.9 Å². The van der Waals surface area contributed by atoms with Crippen LogP contribution in [-0.4, -0.2) is 13.0 Å². The zero-order chi connectivity index (χ0) is 20.8. The molecule has 29 heavy (non-hydrogen) atoms. The fourth-order valence-corrected chi connectivity index (χ4v) is 3.43. The highest BCUT2D eigenvalue weighted by atomic mass is 16.5. The van der Waals surface area contributed by atoms with Crippen LogP contribution in [0.2, 0.25) is 0 Å². The van der Waals surface area contributed by atoms with E-state index in [1.807, 2.05) is 67.6 Å². The monoisotopic (exact) mass is 385 g/mol. The summed E-state index contributed by atoms with van der Waals surface area (Å²) in [5.41, 5.74) is 5.98. The Kier molecular flexibility index (Phi) is 6.50. The standard InChI is InChI=1S/C26H27NO2/c1-18-10-15-24(19(2)16-18)20(3)27-26(28)25(22-8-6-5-7-9-22)17-21-11-13-23(29-4)14-12-21/h5-17,20H,1-4H3,(H,27,28)/b25-17+/t20-/m1/s1. The fourth-order valence-electron chi connectivity index (χ4n) is 3.43. The Morgan fingerprint density at radius 2 is 1.66 bits per heavy atom. The summed E-state index contributed by atoms with van der Waals surface area (Å²) in [5, 5.41) is 3.17. The molecule has 0 aliphatic carbocycles. The molecular weight excluding hydrogens is 358 g/mol. The lowest BCUT2D eigenvalue weighted by molar-refractivity contribution is -0.116. The van der Waals surface area contributed by atoms with Crippen molar-refractivity contribution in [3.63, 3.8) is 0 Å². The average molecular weight is 386 g/mol.